The van der Waals surface area contributed by atoms with Gasteiger partial charge in [0.1, 0.15) is 0 Å². The number of carbonyl (C=O) groups excluding carboxylic acids is 1. The summed E-state index contributed by atoms with van der Waals surface area (Å²) in [6.07, 6.45) is 0.578. The van der Waals surface area contributed by atoms with Crippen LogP contribution in [0.4, 0.5) is 5.69 Å². The highest BCUT2D eigenvalue weighted by Crippen LogP contribution is 2.15. The summed E-state index contributed by atoms with van der Waals surface area (Å²) < 4.78 is 0. The van der Waals surface area contributed by atoms with E-state index in [-0.39, 0.29) is 11.2 Å². The predicted octanol–water partition coefficient (Wildman–Crippen LogP) is 1.63. The van der Waals surface area contributed by atoms with Gasteiger partial charge >= 0.3 is 0 Å². The minimum Gasteiger partial charge on any atom is -0.383 e. The standard InChI is InChI=1S/C12H16N2OS/c15-12-8-11(16)9-14(12)7-6-13-10-4-2-1-3-5-10/h1-5,11,13,16H,6-9H2. The second-order valence-corrected chi connectivity index (χ2v) is 4.72. The lowest BCUT2D eigenvalue weighted by molar-refractivity contribution is -0.127. The van der Waals surface area contributed by atoms with Crippen LogP contribution in [0.2, 0.25) is 0 Å². The quantitative estimate of drug-likeness (QED) is 0.779. The number of benzene rings is 1. The molecule has 3 nitrogen and oxygen atoms in total. The van der Waals surface area contributed by atoms with Gasteiger partial charge in [0.05, 0.1) is 0 Å². The minimum atomic E-state index is 0.212. The number of hydrogen-bond acceptors (Lipinski definition) is 3. The summed E-state index contributed by atoms with van der Waals surface area (Å²) in [5.41, 5.74) is 1.09. The van der Waals surface area contributed by atoms with Crippen molar-refractivity contribution in [2.45, 2.75) is 11.7 Å². The Morgan fingerprint density at radius 2 is 2.12 bits per heavy atom. The molecule has 1 saturated heterocycles. The molecule has 86 valence electrons. The summed E-state index contributed by atoms with van der Waals surface area (Å²) in [5.74, 6) is 0.217. The van der Waals surface area contributed by atoms with Crippen molar-refractivity contribution in [3.63, 3.8) is 0 Å². The number of thiol groups is 1. The normalized spacial score (nSPS) is 20.2. The lowest BCUT2D eigenvalue weighted by Crippen LogP contribution is -2.30. The fourth-order valence-electron chi connectivity index (χ4n) is 1.86. The van der Waals surface area contributed by atoms with Crippen LogP contribution in [0.3, 0.4) is 0 Å². The van der Waals surface area contributed by atoms with Crippen LogP contribution in [0.5, 0.6) is 0 Å². The number of nitrogens with one attached hydrogen (secondary N) is 1. The van der Waals surface area contributed by atoms with Gasteiger partial charge in [-0.25, -0.2) is 0 Å². The van der Waals surface area contributed by atoms with E-state index in [0.29, 0.717) is 6.42 Å². The van der Waals surface area contributed by atoms with Crippen molar-refractivity contribution in [2.75, 3.05) is 25.0 Å². The van der Waals surface area contributed by atoms with E-state index in [2.05, 4.69) is 17.9 Å². The monoisotopic (exact) mass is 236 g/mol. The SMILES string of the molecule is O=C1CC(S)CN1CCNc1ccccc1. The van der Waals surface area contributed by atoms with Gasteiger partial charge in [0.25, 0.3) is 0 Å². The molecule has 0 aliphatic carbocycles. The highest BCUT2D eigenvalue weighted by Gasteiger charge is 2.26. The summed E-state index contributed by atoms with van der Waals surface area (Å²) in [7, 11) is 0. The van der Waals surface area contributed by atoms with Gasteiger partial charge in [0.15, 0.2) is 0 Å². The number of rotatable bonds is 4. The molecule has 1 unspecified atom stereocenters. The summed E-state index contributed by atoms with van der Waals surface area (Å²) in [5, 5.41) is 3.50. The van der Waals surface area contributed by atoms with E-state index in [9.17, 15) is 4.79 Å². The average molecular weight is 236 g/mol. The lowest BCUT2D eigenvalue weighted by Gasteiger charge is -2.16. The highest BCUT2D eigenvalue weighted by atomic mass is 32.1. The minimum absolute atomic E-state index is 0.212. The smallest absolute Gasteiger partial charge is 0.223 e. The second-order valence-electron chi connectivity index (χ2n) is 3.99. The third-order valence-corrected chi connectivity index (χ3v) is 3.02. The lowest BCUT2D eigenvalue weighted by atomic mass is 10.3. The van der Waals surface area contributed by atoms with Crippen molar-refractivity contribution in [1.82, 2.24) is 4.90 Å². The van der Waals surface area contributed by atoms with Crippen molar-refractivity contribution >= 4 is 24.2 Å². The zero-order valence-electron chi connectivity index (χ0n) is 9.10. The number of hydrogen-bond donors (Lipinski definition) is 2. The third-order valence-electron chi connectivity index (χ3n) is 2.68. The maximum Gasteiger partial charge on any atom is 0.223 e. The maximum atomic E-state index is 11.5. The van der Waals surface area contributed by atoms with E-state index >= 15 is 0 Å². The van der Waals surface area contributed by atoms with Crippen LogP contribution in [0, 0.1) is 0 Å². The molecule has 4 heteroatoms. The van der Waals surface area contributed by atoms with Gasteiger partial charge in [-0.2, -0.15) is 12.6 Å². The van der Waals surface area contributed by atoms with Crippen molar-refractivity contribution in [2.24, 2.45) is 0 Å². The Morgan fingerprint density at radius 1 is 1.38 bits per heavy atom. The molecule has 0 radical (unpaired) electrons. The molecule has 0 spiro atoms. The van der Waals surface area contributed by atoms with Crippen LogP contribution in [0.25, 0.3) is 0 Å². The number of carbonyl (C=O) groups is 1. The van der Waals surface area contributed by atoms with Crippen molar-refractivity contribution in [3.8, 4) is 0 Å². The second kappa shape index (κ2) is 5.25. The van der Waals surface area contributed by atoms with Gasteiger partial charge in [0, 0.05) is 37.0 Å². The van der Waals surface area contributed by atoms with Crippen LogP contribution >= 0.6 is 12.6 Å². The topological polar surface area (TPSA) is 32.3 Å². The van der Waals surface area contributed by atoms with Gasteiger partial charge < -0.3 is 10.2 Å². The average Bonchev–Trinajstić information content (AvgIpc) is 2.59. The molecule has 1 heterocycles. The Morgan fingerprint density at radius 3 is 2.75 bits per heavy atom. The third kappa shape index (κ3) is 2.92. The number of nitrogens with zero attached hydrogens (tertiary/aromatic N) is 1. The van der Waals surface area contributed by atoms with Crippen LogP contribution in [0.1, 0.15) is 6.42 Å². The molecule has 0 bridgehead atoms. The first-order chi connectivity index (χ1) is 7.75. The predicted molar refractivity (Wildman–Crippen MR) is 68.9 cm³/mol. The molecule has 0 saturated carbocycles. The van der Waals surface area contributed by atoms with Crippen molar-refractivity contribution < 1.29 is 4.79 Å². The molecule has 1 atom stereocenters. The van der Waals surface area contributed by atoms with Gasteiger partial charge in [0.2, 0.25) is 5.91 Å². The molecule has 2 rings (SSSR count). The number of amides is 1. The van der Waals surface area contributed by atoms with E-state index in [4.69, 9.17) is 0 Å². The molecular weight excluding hydrogens is 220 g/mol. The molecule has 16 heavy (non-hydrogen) atoms. The Bertz CT molecular complexity index is 355. The van der Waals surface area contributed by atoms with Crippen molar-refractivity contribution in [3.05, 3.63) is 30.3 Å². The van der Waals surface area contributed by atoms with E-state index in [1.54, 1.807) is 0 Å². The summed E-state index contributed by atoms with van der Waals surface area (Å²) in [4.78, 5) is 13.3. The summed E-state index contributed by atoms with van der Waals surface area (Å²) in [6.45, 7) is 2.32. The van der Waals surface area contributed by atoms with Gasteiger partial charge in [-0.15, -0.1) is 0 Å². The van der Waals surface area contributed by atoms with E-state index < -0.39 is 0 Å². The molecule has 1 N–H and O–H groups in total. The Balaban J connectivity index is 1.74. The Kier molecular flexibility index (Phi) is 3.72. The number of anilines is 1. The van der Waals surface area contributed by atoms with Crippen LogP contribution in [0.15, 0.2) is 30.3 Å². The van der Waals surface area contributed by atoms with Gasteiger partial charge in [-0.3, -0.25) is 4.79 Å². The number of para-hydroxylation sites is 1. The molecule has 1 aliphatic heterocycles. The van der Waals surface area contributed by atoms with E-state index in [0.717, 1.165) is 25.3 Å². The van der Waals surface area contributed by atoms with E-state index in [1.165, 1.54) is 0 Å². The van der Waals surface area contributed by atoms with Gasteiger partial charge in [-0.1, -0.05) is 18.2 Å². The van der Waals surface area contributed by atoms with Crippen molar-refractivity contribution in [1.29, 1.82) is 0 Å². The first kappa shape index (κ1) is 11.3. The first-order valence-corrected chi connectivity index (χ1v) is 6.02. The first-order valence-electron chi connectivity index (χ1n) is 5.50. The molecule has 0 aromatic heterocycles. The van der Waals surface area contributed by atoms with Crippen LogP contribution < -0.4 is 5.32 Å². The highest BCUT2D eigenvalue weighted by molar-refractivity contribution is 7.81. The number of likely N-dealkylation sites (tertiary alicyclic amines) is 1. The maximum absolute atomic E-state index is 11.5. The summed E-state index contributed by atoms with van der Waals surface area (Å²) in [6, 6.07) is 10.0. The molecule has 1 aromatic rings. The molecule has 1 fully saturated rings. The molecule has 1 amide bonds. The zero-order valence-corrected chi connectivity index (χ0v) is 9.99. The Labute approximate surface area is 101 Å². The zero-order chi connectivity index (χ0) is 11.4. The largest absolute Gasteiger partial charge is 0.383 e. The molecule has 1 aromatic carbocycles. The van der Waals surface area contributed by atoms with E-state index in [1.807, 2.05) is 35.2 Å². The Hall–Kier alpha value is -1.16. The molecular formula is C12H16N2OS. The van der Waals surface area contributed by atoms with Crippen LogP contribution in [-0.2, 0) is 4.79 Å². The summed E-state index contributed by atoms with van der Waals surface area (Å²) >= 11 is 4.32. The fraction of sp³-hybridized carbons (Fsp3) is 0.417. The van der Waals surface area contributed by atoms with Crippen LogP contribution in [-0.4, -0.2) is 35.7 Å². The van der Waals surface area contributed by atoms with Gasteiger partial charge in [-0.05, 0) is 12.1 Å². The fourth-order valence-corrected chi connectivity index (χ4v) is 2.21. The molecule has 1 aliphatic rings.